The fourth-order valence-electron chi connectivity index (χ4n) is 4.29. The number of methoxy groups -OCH3 is 1. The average Bonchev–Trinajstić information content (AvgIpc) is 2.88. The molecule has 4 aromatic rings. The molecule has 0 aliphatic carbocycles. The van der Waals surface area contributed by atoms with E-state index in [1.807, 2.05) is 43.3 Å². The van der Waals surface area contributed by atoms with Crippen LogP contribution in [-0.2, 0) is 9.59 Å². The van der Waals surface area contributed by atoms with Crippen molar-refractivity contribution in [1.29, 1.82) is 0 Å². The Labute approximate surface area is 207 Å². The highest BCUT2D eigenvalue weighted by molar-refractivity contribution is 6.46. The van der Waals surface area contributed by atoms with Crippen LogP contribution in [0.2, 0.25) is 0 Å². The average molecular weight is 479 g/mol. The van der Waals surface area contributed by atoms with Gasteiger partial charge in [-0.1, -0.05) is 54.6 Å². The molecule has 0 aromatic heterocycles. The molecule has 0 unspecified atom stereocenters. The Bertz CT molecular complexity index is 1570. The third-order valence-electron chi connectivity index (χ3n) is 6.03. The summed E-state index contributed by atoms with van der Waals surface area (Å²) in [5.74, 6) is -1.36. The standard InChI is InChI=1S/C29H22N2O5/c1-18-7-5-10-21(15-18)30-27(33)23(16-19-13-14-25(32)26(17-19)36-2)28(34)31(29(30)35)24-12-6-9-20-8-3-4-11-22(20)24/h3-17,32H,1-2H3/b23-16+. The van der Waals surface area contributed by atoms with Crippen LogP contribution in [-0.4, -0.2) is 30.1 Å². The summed E-state index contributed by atoms with van der Waals surface area (Å²) in [6, 6.07) is 23.5. The van der Waals surface area contributed by atoms with Gasteiger partial charge in [0.2, 0.25) is 0 Å². The lowest BCUT2D eigenvalue weighted by atomic mass is 10.0. The molecule has 0 radical (unpaired) electrons. The van der Waals surface area contributed by atoms with E-state index in [9.17, 15) is 19.5 Å². The lowest BCUT2D eigenvalue weighted by molar-refractivity contribution is -0.121. The fourth-order valence-corrected chi connectivity index (χ4v) is 4.29. The van der Waals surface area contributed by atoms with Crippen LogP contribution in [0.1, 0.15) is 11.1 Å². The van der Waals surface area contributed by atoms with Crippen molar-refractivity contribution in [1.82, 2.24) is 0 Å². The van der Waals surface area contributed by atoms with Crippen LogP contribution in [0.5, 0.6) is 11.5 Å². The topological polar surface area (TPSA) is 87.2 Å². The highest BCUT2D eigenvalue weighted by atomic mass is 16.5. The van der Waals surface area contributed by atoms with E-state index in [0.717, 1.165) is 20.7 Å². The Morgan fingerprint density at radius 3 is 2.31 bits per heavy atom. The zero-order valence-electron chi connectivity index (χ0n) is 19.6. The molecule has 36 heavy (non-hydrogen) atoms. The van der Waals surface area contributed by atoms with Gasteiger partial charge in [0.05, 0.1) is 18.5 Å². The number of hydrogen-bond acceptors (Lipinski definition) is 5. The van der Waals surface area contributed by atoms with E-state index < -0.39 is 17.8 Å². The summed E-state index contributed by atoms with van der Waals surface area (Å²) in [4.78, 5) is 43.2. The van der Waals surface area contributed by atoms with Gasteiger partial charge < -0.3 is 9.84 Å². The number of fused-ring (bicyclic) bond motifs is 1. The van der Waals surface area contributed by atoms with Crippen LogP contribution in [0, 0.1) is 6.92 Å². The third kappa shape index (κ3) is 3.86. The number of carbonyl (C=O) groups excluding carboxylic acids is 3. The van der Waals surface area contributed by atoms with Gasteiger partial charge in [0.1, 0.15) is 5.57 Å². The van der Waals surface area contributed by atoms with Crippen molar-refractivity contribution in [2.24, 2.45) is 0 Å². The summed E-state index contributed by atoms with van der Waals surface area (Å²) < 4.78 is 5.16. The summed E-state index contributed by atoms with van der Waals surface area (Å²) in [5.41, 5.74) is 1.85. The maximum atomic E-state index is 13.8. The van der Waals surface area contributed by atoms with Crippen LogP contribution in [0.25, 0.3) is 16.8 Å². The lowest BCUT2D eigenvalue weighted by Crippen LogP contribution is -2.57. The maximum absolute atomic E-state index is 13.8. The second-order valence-corrected chi connectivity index (χ2v) is 8.39. The number of ether oxygens (including phenoxy) is 1. The number of barbiturate groups is 1. The molecule has 7 nitrogen and oxygen atoms in total. The van der Waals surface area contributed by atoms with Gasteiger partial charge in [-0.25, -0.2) is 14.6 Å². The molecule has 1 aliphatic rings. The number of amides is 4. The minimum atomic E-state index is -0.757. The van der Waals surface area contributed by atoms with Crippen molar-refractivity contribution in [3.63, 3.8) is 0 Å². The summed E-state index contributed by atoms with van der Waals surface area (Å²) in [5, 5.41) is 11.5. The van der Waals surface area contributed by atoms with Gasteiger partial charge >= 0.3 is 6.03 Å². The number of imide groups is 2. The van der Waals surface area contributed by atoms with Gasteiger partial charge in [0, 0.05) is 5.39 Å². The number of benzene rings is 4. The second-order valence-electron chi connectivity index (χ2n) is 8.39. The molecule has 4 aromatic carbocycles. The first-order valence-electron chi connectivity index (χ1n) is 11.2. The molecular weight excluding hydrogens is 456 g/mol. The molecule has 1 fully saturated rings. The Hall–Kier alpha value is -4.91. The van der Waals surface area contributed by atoms with Crippen molar-refractivity contribution < 1.29 is 24.2 Å². The van der Waals surface area contributed by atoms with E-state index in [1.165, 1.54) is 25.3 Å². The number of rotatable bonds is 4. The number of phenolic OH excluding ortho intramolecular Hbond substituents is 1. The SMILES string of the molecule is COc1cc(/C=C2\C(=O)N(c3cccc(C)c3)C(=O)N(c3cccc4ccccc34)C2=O)ccc1O. The second kappa shape index (κ2) is 9.03. The molecule has 1 heterocycles. The van der Waals surface area contributed by atoms with Crippen LogP contribution in [0.15, 0.2) is 90.5 Å². The normalized spacial score (nSPS) is 15.2. The van der Waals surface area contributed by atoms with Gasteiger partial charge in [-0.15, -0.1) is 0 Å². The first kappa shape index (κ1) is 22.9. The van der Waals surface area contributed by atoms with Gasteiger partial charge in [-0.3, -0.25) is 9.59 Å². The largest absolute Gasteiger partial charge is 0.504 e. The molecule has 178 valence electrons. The highest BCUT2D eigenvalue weighted by Gasteiger charge is 2.44. The van der Waals surface area contributed by atoms with E-state index in [0.29, 0.717) is 22.3 Å². The Kier molecular flexibility index (Phi) is 5.74. The predicted octanol–water partition coefficient (Wildman–Crippen LogP) is 5.45. The molecule has 4 amide bonds. The van der Waals surface area contributed by atoms with Crippen molar-refractivity contribution in [3.05, 3.63) is 102 Å². The van der Waals surface area contributed by atoms with Gasteiger partial charge in [0.25, 0.3) is 11.8 Å². The fraction of sp³-hybridized carbons (Fsp3) is 0.0690. The van der Waals surface area contributed by atoms with Crippen LogP contribution >= 0.6 is 0 Å². The first-order chi connectivity index (χ1) is 17.4. The molecule has 0 saturated carbocycles. The Morgan fingerprint density at radius 2 is 1.53 bits per heavy atom. The number of aryl methyl sites for hydroxylation is 1. The summed E-state index contributed by atoms with van der Waals surface area (Å²) >= 11 is 0. The maximum Gasteiger partial charge on any atom is 0.343 e. The van der Waals surface area contributed by atoms with Gasteiger partial charge in [0.15, 0.2) is 11.5 Å². The zero-order valence-corrected chi connectivity index (χ0v) is 19.6. The van der Waals surface area contributed by atoms with Crippen molar-refractivity contribution in [2.45, 2.75) is 6.92 Å². The number of hydrogen-bond donors (Lipinski definition) is 1. The van der Waals surface area contributed by atoms with Crippen LogP contribution < -0.4 is 14.5 Å². The highest BCUT2D eigenvalue weighted by Crippen LogP contribution is 2.35. The van der Waals surface area contributed by atoms with Gasteiger partial charge in [-0.2, -0.15) is 0 Å². The smallest absolute Gasteiger partial charge is 0.343 e. The van der Waals surface area contributed by atoms with E-state index in [-0.39, 0.29) is 17.1 Å². The molecule has 7 heteroatoms. The third-order valence-corrected chi connectivity index (χ3v) is 6.03. The molecule has 1 saturated heterocycles. The number of aromatic hydroxyl groups is 1. The zero-order chi connectivity index (χ0) is 25.4. The number of nitrogens with zero attached hydrogens (tertiary/aromatic N) is 2. The number of urea groups is 1. The minimum absolute atomic E-state index is 0.0742. The van der Waals surface area contributed by atoms with Gasteiger partial charge in [-0.05, 0) is 59.8 Å². The number of phenols is 1. The molecule has 0 bridgehead atoms. The van der Waals surface area contributed by atoms with Crippen LogP contribution in [0.4, 0.5) is 16.2 Å². The van der Waals surface area contributed by atoms with Crippen molar-refractivity contribution in [3.8, 4) is 11.5 Å². The number of anilines is 2. The Balaban J connectivity index is 1.72. The molecule has 1 aliphatic heterocycles. The monoisotopic (exact) mass is 478 g/mol. The van der Waals surface area contributed by atoms with E-state index >= 15 is 0 Å². The molecule has 0 atom stereocenters. The van der Waals surface area contributed by atoms with E-state index in [1.54, 1.807) is 36.4 Å². The van der Waals surface area contributed by atoms with Crippen molar-refractivity contribution >= 4 is 46.1 Å². The van der Waals surface area contributed by atoms with Crippen LogP contribution in [0.3, 0.4) is 0 Å². The summed E-state index contributed by atoms with van der Waals surface area (Å²) in [7, 11) is 1.41. The minimum Gasteiger partial charge on any atom is -0.504 e. The molecule has 0 spiro atoms. The van der Waals surface area contributed by atoms with Crippen molar-refractivity contribution in [2.75, 3.05) is 16.9 Å². The van der Waals surface area contributed by atoms with E-state index in [4.69, 9.17) is 4.74 Å². The Morgan fingerprint density at radius 1 is 0.806 bits per heavy atom. The molecule has 5 rings (SSSR count). The molecule has 1 N–H and O–H groups in total. The lowest BCUT2D eigenvalue weighted by Gasteiger charge is -2.34. The van der Waals surface area contributed by atoms with E-state index in [2.05, 4.69) is 0 Å². The quantitative estimate of drug-likeness (QED) is 0.312. The number of carbonyl (C=O) groups is 3. The summed E-state index contributed by atoms with van der Waals surface area (Å²) in [6.45, 7) is 1.86. The predicted molar refractivity (Wildman–Crippen MR) is 138 cm³/mol. The summed E-state index contributed by atoms with van der Waals surface area (Å²) in [6.07, 6.45) is 1.40. The first-order valence-corrected chi connectivity index (χ1v) is 11.2. The molecular formula is C29H22N2O5.